The number of esters is 1. The highest BCUT2D eigenvalue weighted by Gasteiger charge is 2.28. The molecule has 1 unspecified atom stereocenters. The van der Waals surface area contributed by atoms with Crippen molar-refractivity contribution >= 4 is 33.2 Å². The Labute approximate surface area is 134 Å². The Morgan fingerprint density at radius 2 is 2.18 bits per heavy atom. The summed E-state index contributed by atoms with van der Waals surface area (Å²) < 4.78 is 6.78. The smallest absolute Gasteiger partial charge is 0.311 e. The molecule has 0 radical (unpaired) electrons. The lowest BCUT2D eigenvalue weighted by molar-refractivity contribution is -0.159. The van der Waals surface area contributed by atoms with Gasteiger partial charge in [0, 0.05) is 12.2 Å². The van der Waals surface area contributed by atoms with Crippen molar-refractivity contribution in [1.29, 1.82) is 0 Å². The first-order valence-corrected chi connectivity index (χ1v) is 8.51. The number of aromatic nitrogens is 1. The Kier molecular flexibility index (Phi) is 3.85. The van der Waals surface area contributed by atoms with E-state index in [1.807, 2.05) is 27.7 Å². The number of carbonyl (C=O) groups is 1. The lowest BCUT2D eigenvalue weighted by Gasteiger charge is -2.23. The van der Waals surface area contributed by atoms with Crippen molar-refractivity contribution in [3.8, 4) is 0 Å². The standard InChI is InChI=1S/C17H22N2O2S/c1-10-19-14-8-7-13-12(15(14)22-10)6-5-11(9-18-13)16(20)21-17(2,3)4/h7-8,11,18H,5-6,9H2,1-4H3. The first kappa shape index (κ1) is 15.3. The maximum atomic E-state index is 12.3. The van der Waals surface area contributed by atoms with E-state index in [4.69, 9.17) is 4.74 Å². The molecule has 2 heterocycles. The molecule has 0 saturated heterocycles. The summed E-state index contributed by atoms with van der Waals surface area (Å²) >= 11 is 1.73. The van der Waals surface area contributed by atoms with Crippen LogP contribution in [0.15, 0.2) is 12.1 Å². The molecule has 0 spiro atoms. The van der Waals surface area contributed by atoms with Crippen LogP contribution in [0.4, 0.5) is 5.69 Å². The topological polar surface area (TPSA) is 51.2 Å². The summed E-state index contributed by atoms with van der Waals surface area (Å²) in [5.74, 6) is -0.208. The van der Waals surface area contributed by atoms with E-state index < -0.39 is 5.60 Å². The summed E-state index contributed by atoms with van der Waals surface area (Å²) in [5.41, 5.74) is 3.04. The van der Waals surface area contributed by atoms with Gasteiger partial charge in [0.2, 0.25) is 0 Å². The molecule has 1 atom stereocenters. The third kappa shape index (κ3) is 3.09. The average Bonchev–Trinajstić information content (AvgIpc) is 2.65. The number of nitrogens with one attached hydrogen (secondary N) is 1. The van der Waals surface area contributed by atoms with Gasteiger partial charge in [-0.1, -0.05) is 0 Å². The lowest BCUT2D eigenvalue weighted by Crippen LogP contribution is -2.31. The van der Waals surface area contributed by atoms with E-state index in [-0.39, 0.29) is 11.9 Å². The Balaban J connectivity index is 1.83. The molecule has 0 saturated carbocycles. The number of fused-ring (bicyclic) bond motifs is 3. The zero-order valence-electron chi connectivity index (χ0n) is 13.5. The average molecular weight is 318 g/mol. The lowest BCUT2D eigenvalue weighted by atomic mass is 10.0. The number of rotatable bonds is 1. The molecule has 1 aliphatic rings. The Morgan fingerprint density at radius 3 is 2.91 bits per heavy atom. The number of aryl methyl sites for hydroxylation is 2. The number of nitrogens with zero attached hydrogens (tertiary/aromatic N) is 1. The first-order valence-electron chi connectivity index (χ1n) is 7.69. The molecule has 4 nitrogen and oxygen atoms in total. The van der Waals surface area contributed by atoms with Gasteiger partial charge in [-0.25, -0.2) is 4.98 Å². The second-order valence-electron chi connectivity index (χ2n) is 6.82. The van der Waals surface area contributed by atoms with Crippen LogP contribution in [0.1, 0.15) is 37.8 Å². The number of hydrogen-bond donors (Lipinski definition) is 1. The van der Waals surface area contributed by atoms with Gasteiger partial charge in [0.05, 0.1) is 21.1 Å². The molecule has 1 aliphatic heterocycles. The molecular weight excluding hydrogens is 296 g/mol. The van der Waals surface area contributed by atoms with Gasteiger partial charge in [-0.05, 0) is 58.2 Å². The third-order valence-corrected chi connectivity index (χ3v) is 4.84. The Morgan fingerprint density at radius 1 is 1.41 bits per heavy atom. The number of benzene rings is 1. The van der Waals surface area contributed by atoms with Crippen LogP contribution in [0.25, 0.3) is 10.2 Å². The molecule has 0 bridgehead atoms. The van der Waals surface area contributed by atoms with E-state index in [1.165, 1.54) is 10.3 Å². The van der Waals surface area contributed by atoms with Crippen molar-refractivity contribution < 1.29 is 9.53 Å². The van der Waals surface area contributed by atoms with Crippen LogP contribution < -0.4 is 5.32 Å². The van der Waals surface area contributed by atoms with Gasteiger partial charge >= 0.3 is 5.97 Å². The van der Waals surface area contributed by atoms with E-state index in [0.717, 1.165) is 29.1 Å². The Hall–Kier alpha value is -1.62. The maximum absolute atomic E-state index is 12.3. The van der Waals surface area contributed by atoms with Gasteiger partial charge in [-0.3, -0.25) is 4.79 Å². The van der Waals surface area contributed by atoms with Gasteiger partial charge in [0.25, 0.3) is 0 Å². The molecule has 5 heteroatoms. The SMILES string of the molecule is Cc1nc2ccc3c(c2s1)CCC(C(=O)OC(C)(C)C)CN3. The molecule has 118 valence electrons. The molecule has 3 rings (SSSR count). The minimum Gasteiger partial charge on any atom is -0.460 e. The predicted octanol–water partition coefficient (Wildman–Crippen LogP) is 3.92. The van der Waals surface area contributed by atoms with Crippen LogP contribution in [-0.2, 0) is 16.0 Å². The summed E-state index contributed by atoms with van der Waals surface area (Å²) in [6, 6.07) is 4.13. The molecule has 1 aromatic heterocycles. The van der Waals surface area contributed by atoms with Crippen LogP contribution >= 0.6 is 11.3 Å². The monoisotopic (exact) mass is 318 g/mol. The third-order valence-electron chi connectivity index (χ3n) is 3.79. The van der Waals surface area contributed by atoms with E-state index >= 15 is 0 Å². The quantitative estimate of drug-likeness (QED) is 0.810. The molecule has 0 fully saturated rings. The summed E-state index contributed by atoms with van der Waals surface area (Å²) in [4.78, 5) is 16.9. The second-order valence-corrected chi connectivity index (χ2v) is 8.03. The van der Waals surface area contributed by atoms with Gasteiger partial charge in [-0.2, -0.15) is 0 Å². The van der Waals surface area contributed by atoms with Crippen molar-refractivity contribution in [1.82, 2.24) is 4.98 Å². The van der Waals surface area contributed by atoms with Crippen molar-refractivity contribution in [2.75, 3.05) is 11.9 Å². The number of thiazole rings is 1. The fraction of sp³-hybridized carbons (Fsp3) is 0.529. The second kappa shape index (κ2) is 5.54. The normalized spacial score (nSPS) is 18.5. The van der Waals surface area contributed by atoms with Crippen LogP contribution in [0.2, 0.25) is 0 Å². The Bertz CT molecular complexity index is 715. The zero-order chi connectivity index (χ0) is 15.9. The van der Waals surface area contributed by atoms with Gasteiger partial charge < -0.3 is 10.1 Å². The highest BCUT2D eigenvalue weighted by Crippen LogP contribution is 2.34. The van der Waals surface area contributed by atoms with E-state index in [2.05, 4.69) is 22.4 Å². The summed E-state index contributed by atoms with van der Waals surface area (Å²) in [5, 5.41) is 4.50. The van der Waals surface area contributed by atoms with Crippen LogP contribution in [0, 0.1) is 12.8 Å². The van der Waals surface area contributed by atoms with Gasteiger partial charge in [0.1, 0.15) is 5.60 Å². The zero-order valence-corrected chi connectivity index (χ0v) is 14.3. The number of ether oxygens (including phenoxy) is 1. The summed E-state index contributed by atoms with van der Waals surface area (Å²) in [6.07, 6.45) is 1.69. The molecule has 22 heavy (non-hydrogen) atoms. The molecule has 1 aromatic carbocycles. The van der Waals surface area contributed by atoms with E-state index in [1.54, 1.807) is 11.3 Å². The highest BCUT2D eigenvalue weighted by molar-refractivity contribution is 7.18. The molecule has 1 N–H and O–H groups in total. The van der Waals surface area contributed by atoms with Gasteiger partial charge in [-0.15, -0.1) is 11.3 Å². The predicted molar refractivity (Wildman–Crippen MR) is 90.5 cm³/mol. The summed E-state index contributed by atoms with van der Waals surface area (Å²) in [6.45, 7) is 8.39. The number of hydrogen-bond acceptors (Lipinski definition) is 5. The molecular formula is C17H22N2O2S. The van der Waals surface area contributed by atoms with Crippen molar-refractivity contribution in [3.63, 3.8) is 0 Å². The molecule has 0 aliphatic carbocycles. The van der Waals surface area contributed by atoms with Gasteiger partial charge in [0.15, 0.2) is 0 Å². The highest BCUT2D eigenvalue weighted by atomic mass is 32.1. The fourth-order valence-corrected chi connectivity index (χ4v) is 3.80. The van der Waals surface area contributed by atoms with Crippen molar-refractivity contribution in [3.05, 3.63) is 22.7 Å². The minimum atomic E-state index is -0.432. The van der Waals surface area contributed by atoms with Crippen molar-refractivity contribution in [2.24, 2.45) is 5.92 Å². The van der Waals surface area contributed by atoms with E-state index in [9.17, 15) is 4.79 Å². The van der Waals surface area contributed by atoms with Crippen LogP contribution in [0.5, 0.6) is 0 Å². The number of anilines is 1. The largest absolute Gasteiger partial charge is 0.460 e. The van der Waals surface area contributed by atoms with Crippen LogP contribution in [-0.4, -0.2) is 23.1 Å². The van der Waals surface area contributed by atoms with E-state index in [0.29, 0.717) is 6.54 Å². The first-order chi connectivity index (χ1) is 10.3. The fourth-order valence-electron chi connectivity index (χ4n) is 2.81. The van der Waals surface area contributed by atoms with Crippen molar-refractivity contribution in [2.45, 2.75) is 46.1 Å². The number of carbonyl (C=O) groups excluding carboxylic acids is 1. The maximum Gasteiger partial charge on any atom is 0.311 e. The van der Waals surface area contributed by atoms with Crippen LogP contribution in [0.3, 0.4) is 0 Å². The molecule has 2 aromatic rings. The minimum absolute atomic E-state index is 0.101. The summed E-state index contributed by atoms with van der Waals surface area (Å²) in [7, 11) is 0. The molecule has 0 amide bonds.